The third kappa shape index (κ3) is 8.79. The molecule has 1 aliphatic heterocycles. The molecule has 0 aromatic carbocycles. The van der Waals surface area contributed by atoms with Crippen molar-refractivity contribution in [2.75, 3.05) is 13.1 Å². The van der Waals surface area contributed by atoms with Crippen molar-refractivity contribution < 1.29 is 28.8 Å². The number of fused-ring (bicyclic) bond motifs is 1. The Morgan fingerprint density at radius 1 is 1.04 bits per heavy atom. The molecule has 1 unspecified atom stereocenters. The van der Waals surface area contributed by atoms with Gasteiger partial charge in [0, 0.05) is 19.3 Å². The maximum Gasteiger partial charge on any atom is 0.289 e. The fourth-order valence-corrected chi connectivity index (χ4v) is 7.78. The molecule has 12 nitrogen and oxygen atoms in total. The van der Waals surface area contributed by atoms with Crippen molar-refractivity contribution in [2.24, 2.45) is 28.6 Å². The molecule has 1 aromatic rings. The molecular formula is C38H56N6O6. The normalized spacial score (nSPS) is 23.0. The number of Topliss-reactive ketones (excluding diaryl/α,β-unsaturated/α-hetero) is 1. The van der Waals surface area contributed by atoms with Gasteiger partial charge in [0.2, 0.25) is 23.5 Å². The second-order valence-electron chi connectivity index (χ2n) is 15.8. The Kier molecular flexibility index (Phi) is 12.6. The van der Waals surface area contributed by atoms with E-state index in [1.807, 2.05) is 27.7 Å². The van der Waals surface area contributed by atoms with E-state index in [0.29, 0.717) is 13.0 Å². The van der Waals surface area contributed by atoms with Gasteiger partial charge in [0.05, 0.1) is 6.04 Å². The summed E-state index contributed by atoms with van der Waals surface area (Å²) in [4.78, 5) is 87.5. The number of amides is 5. The smallest absolute Gasteiger partial charge is 0.289 e. The summed E-state index contributed by atoms with van der Waals surface area (Å²) in [5.74, 6) is -3.51. The summed E-state index contributed by atoms with van der Waals surface area (Å²) < 4.78 is 0. The fraction of sp³-hybridized carbons (Fsp3) is 0.658. The summed E-state index contributed by atoms with van der Waals surface area (Å²) >= 11 is 0. The fourth-order valence-electron chi connectivity index (χ4n) is 7.78. The number of carbonyl (C=O) groups excluding carboxylic acids is 6. The van der Waals surface area contributed by atoms with Crippen LogP contribution in [0.1, 0.15) is 103 Å². The molecule has 5 amide bonds. The van der Waals surface area contributed by atoms with Crippen LogP contribution in [0.5, 0.6) is 0 Å². The average Bonchev–Trinajstić information content (AvgIpc) is 3.39. The van der Waals surface area contributed by atoms with Crippen molar-refractivity contribution in [3.05, 3.63) is 42.7 Å². The molecule has 2 heterocycles. The van der Waals surface area contributed by atoms with Crippen LogP contribution in [-0.2, 0) is 24.0 Å². The molecule has 3 fully saturated rings. The lowest BCUT2D eigenvalue weighted by Crippen LogP contribution is -2.62. The van der Waals surface area contributed by atoms with Gasteiger partial charge in [-0.15, -0.1) is 6.58 Å². The number of ketones is 1. The number of hydrogen-bond donors (Lipinski definition) is 4. The number of pyridine rings is 1. The molecule has 2 aliphatic carbocycles. The van der Waals surface area contributed by atoms with Crippen molar-refractivity contribution in [2.45, 2.75) is 117 Å². The summed E-state index contributed by atoms with van der Waals surface area (Å²) in [7, 11) is 0. The number of likely N-dealkylation sites (tertiary alicyclic amines) is 1. The predicted octanol–water partition coefficient (Wildman–Crippen LogP) is 3.32. The van der Waals surface area contributed by atoms with Crippen LogP contribution in [0.2, 0.25) is 0 Å². The van der Waals surface area contributed by atoms with Crippen LogP contribution < -0.4 is 21.3 Å². The molecular weight excluding hydrogens is 636 g/mol. The predicted molar refractivity (Wildman–Crippen MR) is 189 cm³/mol. The average molecular weight is 693 g/mol. The molecule has 50 heavy (non-hydrogen) atoms. The number of rotatable bonds is 15. The minimum atomic E-state index is -1.04. The number of carbonyl (C=O) groups is 6. The lowest BCUT2D eigenvalue weighted by atomic mass is 9.82. The maximum atomic E-state index is 14.6. The molecule has 1 aromatic heterocycles. The van der Waals surface area contributed by atoms with E-state index in [1.54, 1.807) is 23.1 Å². The van der Waals surface area contributed by atoms with Crippen LogP contribution in [0.4, 0.5) is 0 Å². The molecule has 6 atom stereocenters. The number of unbranched alkanes of at least 4 members (excludes halogenated alkanes) is 1. The van der Waals surface area contributed by atoms with E-state index in [4.69, 9.17) is 0 Å². The van der Waals surface area contributed by atoms with Gasteiger partial charge in [0.1, 0.15) is 23.8 Å². The van der Waals surface area contributed by atoms with Gasteiger partial charge in [0.25, 0.3) is 11.8 Å². The molecule has 2 saturated carbocycles. The SMILES string of the molecule is C=CCNC(=O)C(=O)C(CCCC)NC(=O)[C@@H]1[C@@H]2[C@H](CN1C(=O)[C@@H](NC(=O)[C@@H](NC(=O)c1ccccn1)C1CCCCC1)C(C)(C)C)C2(C)C. The first-order valence-corrected chi connectivity index (χ1v) is 18.2. The monoisotopic (exact) mass is 692 g/mol. The van der Waals surface area contributed by atoms with Gasteiger partial charge in [-0.1, -0.05) is 85.8 Å². The highest BCUT2D eigenvalue weighted by Gasteiger charge is 2.70. The van der Waals surface area contributed by atoms with Crippen LogP contribution in [0.15, 0.2) is 37.1 Å². The second kappa shape index (κ2) is 16.3. The molecule has 0 bridgehead atoms. The molecule has 0 spiro atoms. The summed E-state index contributed by atoms with van der Waals surface area (Å²) in [5, 5.41) is 11.3. The first kappa shape index (κ1) is 38.7. The van der Waals surface area contributed by atoms with E-state index in [1.165, 1.54) is 12.3 Å². The van der Waals surface area contributed by atoms with Crippen LogP contribution in [0.25, 0.3) is 0 Å². The minimum absolute atomic E-state index is 0.0619. The number of nitrogens with zero attached hydrogens (tertiary/aromatic N) is 2. The highest BCUT2D eigenvalue weighted by molar-refractivity contribution is 6.38. The Labute approximate surface area is 296 Å². The molecule has 3 aliphatic rings. The van der Waals surface area contributed by atoms with Crippen LogP contribution in [0.3, 0.4) is 0 Å². The number of hydrogen-bond acceptors (Lipinski definition) is 7. The Bertz CT molecular complexity index is 1430. The van der Waals surface area contributed by atoms with Crippen molar-refractivity contribution in [1.82, 2.24) is 31.2 Å². The minimum Gasteiger partial charge on any atom is -0.346 e. The quantitative estimate of drug-likeness (QED) is 0.162. The summed E-state index contributed by atoms with van der Waals surface area (Å²) in [6, 6.07) is 1.21. The zero-order chi connectivity index (χ0) is 36.8. The lowest BCUT2D eigenvalue weighted by Gasteiger charge is -2.39. The maximum absolute atomic E-state index is 14.6. The van der Waals surface area contributed by atoms with Crippen molar-refractivity contribution in [3.8, 4) is 0 Å². The molecule has 1 saturated heterocycles. The van der Waals surface area contributed by atoms with Crippen molar-refractivity contribution in [1.29, 1.82) is 0 Å². The third-order valence-corrected chi connectivity index (χ3v) is 10.9. The molecule has 12 heteroatoms. The van der Waals surface area contributed by atoms with Crippen LogP contribution in [-0.4, -0.2) is 82.5 Å². The highest BCUT2D eigenvalue weighted by atomic mass is 16.2. The topological polar surface area (TPSA) is 167 Å². The van der Waals surface area contributed by atoms with Crippen molar-refractivity contribution >= 4 is 35.3 Å². The van der Waals surface area contributed by atoms with E-state index >= 15 is 0 Å². The summed E-state index contributed by atoms with van der Waals surface area (Å²) in [6.07, 6.45) is 9.14. The van der Waals surface area contributed by atoms with E-state index in [9.17, 15) is 28.8 Å². The van der Waals surface area contributed by atoms with Gasteiger partial charge in [-0.05, 0) is 60.0 Å². The first-order valence-electron chi connectivity index (χ1n) is 18.2. The Hall–Kier alpha value is -4.09. The van der Waals surface area contributed by atoms with Gasteiger partial charge in [-0.25, -0.2) is 0 Å². The third-order valence-electron chi connectivity index (χ3n) is 10.9. The zero-order valence-electron chi connectivity index (χ0n) is 30.6. The van der Waals surface area contributed by atoms with E-state index < -0.39 is 64.9 Å². The van der Waals surface area contributed by atoms with E-state index in [2.05, 4.69) is 46.7 Å². The second-order valence-corrected chi connectivity index (χ2v) is 15.8. The Balaban J connectivity index is 1.58. The Morgan fingerprint density at radius 3 is 2.34 bits per heavy atom. The van der Waals surface area contributed by atoms with E-state index in [-0.39, 0.29) is 41.8 Å². The van der Waals surface area contributed by atoms with Gasteiger partial charge in [-0.2, -0.15) is 0 Å². The zero-order valence-corrected chi connectivity index (χ0v) is 30.6. The largest absolute Gasteiger partial charge is 0.346 e. The van der Waals surface area contributed by atoms with Crippen LogP contribution in [0, 0.1) is 28.6 Å². The number of piperidine rings is 1. The first-order chi connectivity index (χ1) is 23.6. The molecule has 4 rings (SSSR count). The highest BCUT2D eigenvalue weighted by Crippen LogP contribution is 2.65. The summed E-state index contributed by atoms with van der Waals surface area (Å²) in [5.41, 5.74) is -0.752. The van der Waals surface area contributed by atoms with Gasteiger partial charge >= 0.3 is 0 Å². The van der Waals surface area contributed by atoms with Crippen LogP contribution >= 0.6 is 0 Å². The lowest BCUT2D eigenvalue weighted by molar-refractivity contribution is -0.147. The van der Waals surface area contributed by atoms with Gasteiger partial charge in [0.15, 0.2) is 0 Å². The Morgan fingerprint density at radius 2 is 1.74 bits per heavy atom. The number of aromatic nitrogens is 1. The summed E-state index contributed by atoms with van der Waals surface area (Å²) in [6.45, 7) is 15.7. The number of nitrogens with one attached hydrogen (secondary N) is 4. The van der Waals surface area contributed by atoms with E-state index in [0.717, 1.165) is 38.5 Å². The standard InChI is InChI=1S/C38H56N6O6/c1-8-10-18-25(30(45)35(49)40-20-9-2)41-34(48)29-27-24(38(27,6)7)22-44(29)36(50)31(37(3,4)5)43-33(47)28(23-16-12-11-13-17-23)42-32(46)26-19-14-15-21-39-26/h9,14-15,19,21,23-25,27-29,31H,2,8,10-13,16-18,20,22H2,1,3-7H3,(H,40,49)(H,41,48)(H,42,46)(H,43,47)/t24-,25?,27-,28-,29-,31+/m0/s1. The van der Waals surface area contributed by atoms with Gasteiger partial charge < -0.3 is 26.2 Å². The molecule has 274 valence electrons. The van der Waals surface area contributed by atoms with Crippen molar-refractivity contribution in [3.63, 3.8) is 0 Å². The van der Waals surface area contributed by atoms with Gasteiger partial charge in [-0.3, -0.25) is 33.8 Å². The molecule has 0 radical (unpaired) electrons. The molecule has 4 N–H and O–H groups in total.